The third-order valence-electron chi connectivity index (χ3n) is 0.593. The first kappa shape index (κ1) is 6.88. The van der Waals surface area contributed by atoms with E-state index in [-0.39, 0.29) is 6.29 Å². The van der Waals surface area contributed by atoms with Gasteiger partial charge in [0.1, 0.15) is 0 Å². The van der Waals surface area contributed by atoms with Crippen LogP contribution in [0.1, 0.15) is 13.8 Å². The maximum absolute atomic E-state index is 4.84. The smallest absolute Gasteiger partial charge is 0.174 e. The van der Waals surface area contributed by atoms with Crippen LogP contribution in [0.15, 0.2) is 0 Å². The number of ether oxygens (including phenoxy) is 1. The molecule has 3 heteroatoms. The van der Waals surface area contributed by atoms with E-state index in [0.29, 0.717) is 6.61 Å². The molecule has 0 saturated carbocycles. The molecule has 0 aliphatic carbocycles. The van der Waals surface area contributed by atoms with Gasteiger partial charge < -0.3 is 4.74 Å². The van der Waals surface area contributed by atoms with Gasteiger partial charge in [0.15, 0.2) is 6.29 Å². The lowest BCUT2D eigenvalue weighted by Gasteiger charge is -2.05. The number of hydrogen-bond donors (Lipinski definition) is 1. The van der Waals surface area contributed by atoms with Gasteiger partial charge in [0.2, 0.25) is 0 Å². The van der Waals surface area contributed by atoms with Gasteiger partial charge >= 0.3 is 0 Å². The number of rotatable bonds is 3. The Balaban J connectivity index is 2.83. The maximum atomic E-state index is 4.84. The molecule has 0 bridgehead atoms. The summed E-state index contributed by atoms with van der Waals surface area (Å²) < 4.78 is 4.84. The lowest BCUT2D eigenvalue weighted by atomic mass is 10.7. The fourth-order valence-corrected chi connectivity index (χ4v) is 0.274. The van der Waals surface area contributed by atoms with Crippen LogP contribution in [-0.4, -0.2) is 12.9 Å². The van der Waals surface area contributed by atoms with Gasteiger partial charge in [-0.05, 0) is 13.8 Å². The van der Waals surface area contributed by atoms with E-state index < -0.39 is 0 Å². The Labute approximate surface area is 43.4 Å². The van der Waals surface area contributed by atoms with Crippen molar-refractivity contribution in [3.63, 3.8) is 0 Å². The van der Waals surface area contributed by atoms with Gasteiger partial charge in [-0.25, -0.2) is 5.90 Å². The van der Waals surface area contributed by atoms with E-state index in [0.717, 1.165) is 0 Å². The summed E-state index contributed by atoms with van der Waals surface area (Å²) in [7, 11) is 0. The van der Waals surface area contributed by atoms with Crippen molar-refractivity contribution in [2.75, 3.05) is 6.61 Å². The van der Waals surface area contributed by atoms with Crippen molar-refractivity contribution in [1.82, 2.24) is 0 Å². The fourth-order valence-electron chi connectivity index (χ4n) is 0.274. The highest BCUT2D eigenvalue weighted by Gasteiger charge is 1.92. The second-order valence-electron chi connectivity index (χ2n) is 1.16. The Hall–Kier alpha value is -0.120. The number of nitrogens with two attached hydrogens (primary N) is 1. The molecule has 7 heavy (non-hydrogen) atoms. The molecule has 0 aromatic carbocycles. The molecule has 3 nitrogen and oxygen atoms in total. The van der Waals surface area contributed by atoms with Crippen molar-refractivity contribution in [3.05, 3.63) is 0 Å². The SMILES string of the molecule is CCOC(C)ON. The molecule has 2 N–H and O–H groups in total. The molecule has 0 aromatic heterocycles. The van der Waals surface area contributed by atoms with Crippen LogP contribution in [0.4, 0.5) is 0 Å². The average Bonchev–Trinajstić information content (AvgIpc) is 1.68. The van der Waals surface area contributed by atoms with Gasteiger partial charge in [0.05, 0.1) is 0 Å². The average molecular weight is 105 g/mol. The quantitative estimate of drug-likeness (QED) is 0.413. The molecule has 44 valence electrons. The van der Waals surface area contributed by atoms with Crippen molar-refractivity contribution in [2.45, 2.75) is 20.1 Å². The van der Waals surface area contributed by atoms with Crippen molar-refractivity contribution >= 4 is 0 Å². The molecule has 0 aliphatic heterocycles. The van der Waals surface area contributed by atoms with Gasteiger partial charge in [-0.15, -0.1) is 0 Å². The molecular formula is C4H11NO2. The van der Waals surface area contributed by atoms with E-state index in [9.17, 15) is 0 Å². The second-order valence-corrected chi connectivity index (χ2v) is 1.16. The molecular weight excluding hydrogens is 94.0 g/mol. The maximum Gasteiger partial charge on any atom is 0.174 e. The molecule has 0 fully saturated rings. The predicted octanol–water partition coefficient (Wildman–Crippen LogP) is 0.259. The minimum absolute atomic E-state index is 0.273. The van der Waals surface area contributed by atoms with Crippen molar-refractivity contribution in [1.29, 1.82) is 0 Å². The van der Waals surface area contributed by atoms with Crippen LogP contribution in [0.25, 0.3) is 0 Å². The van der Waals surface area contributed by atoms with E-state index in [4.69, 9.17) is 10.6 Å². The zero-order chi connectivity index (χ0) is 5.70. The summed E-state index contributed by atoms with van der Waals surface area (Å²) in [4.78, 5) is 4.27. The van der Waals surface area contributed by atoms with Crippen LogP contribution < -0.4 is 5.90 Å². The van der Waals surface area contributed by atoms with Crippen molar-refractivity contribution in [2.24, 2.45) is 5.90 Å². The minimum Gasteiger partial charge on any atom is -0.351 e. The molecule has 0 heterocycles. The normalized spacial score (nSPS) is 14.1. The van der Waals surface area contributed by atoms with Gasteiger partial charge in [-0.2, -0.15) is 0 Å². The van der Waals surface area contributed by atoms with Crippen molar-refractivity contribution < 1.29 is 9.57 Å². The predicted molar refractivity (Wildman–Crippen MR) is 26.4 cm³/mol. The molecule has 0 radical (unpaired) electrons. The van der Waals surface area contributed by atoms with Gasteiger partial charge in [-0.3, -0.25) is 4.84 Å². The van der Waals surface area contributed by atoms with E-state index >= 15 is 0 Å². The van der Waals surface area contributed by atoms with E-state index in [1.165, 1.54) is 0 Å². The topological polar surface area (TPSA) is 44.5 Å². The lowest BCUT2D eigenvalue weighted by molar-refractivity contribution is -0.129. The molecule has 0 spiro atoms. The summed E-state index contributed by atoms with van der Waals surface area (Å²) in [5.41, 5.74) is 0. The van der Waals surface area contributed by atoms with Gasteiger partial charge in [0, 0.05) is 6.61 Å². The molecule has 1 unspecified atom stereocenters. The molecule has 0 saturated heterocycles. The van der Waals surface area contributed by atoms with E-state index in [2.05, 4.69) is 4.84 Å². The Morgan fingerprint density at radius 1 is 1.71 bits per heavy atom. The van der Waals surface area contributed by atoms with E-state index in [1.54, 1.807) is 6.92 Å². The minimum atomic E-state index is -0.273. The standard InChI is InChI=1S/C4H11NO2/c1-3-6-4(2)7-5/h4H,3,5H2,1-2H3. The zero-order valence-corrected chi connectivity index (χ0v) is 4.68. The van der Waals surface area contributed by atoms with Crippen LogP contribution in [0.3, 0.4) is 0 Å². The van der Waals surface area contributed by atoms with Crippen LogP contribution in [-0.2, 0) is 9.57 Å². The van der Waals surface area contributed by atoms with Crippen LogP contribution in [0, 0.1) is 0 Å². The Morgan fingerprint density at radius 3 is 2.43 bits per heavy atom. The third-order valence-corrected chi connectivity index (χ3v) is 0.593. The van der Waals surface area contributed by atoms with Crippen LogP contribution in [0.2, 0.25) is 0 Å². The summed E-state index contributed by atoms with van der Waals surface area (Å²) in [6, 6.07) is 0. The zero-order valence-electron chi connectivity index (χ0n) is 4.68. The highest BCUT2D eigenvalue weighted by atomic mass is 16.7. The summed E-state index contributed by atoms with van der Waals surface area (Å²) in [5.74, 6) is 4.73. The van der Waals surface area contributed by atoms with Crippen molar-refractivity contribution in [3.8, 4) is 0 Å². The molecule has 1 atom stereocenters. The third kappa shape index (κ3) is 3.72. The van der Waals surface area contributed by atoms with Crippen LogP contribution in [0.5, 0.6) is 0 Å². The lowest BCUT2D eigenvalue weighted by Crippen LogP contribution is -2.16. The molecule has 0 rings (SSSR count). The fraction of sp³-hybridized carbons (Fsp3) is 1.00. The first-order chi connectivity index (χ1) is 3.31. The second kappa shape index (κ2) is 4.05. The molecule has 0 aromatic rings. The largest absolute Gasteiger partial charge is 0.351 e. The van der Waals surface area contributed by atoms with Gasteiger partial charge in [0.25, 0.3) is 0 Å². The number of hydrogen-bond acceptors (Lipinski definition) is 3. The highest BCUT2D eigenvalue weighted by Crippen LogP contribution is 1.84. The summed E-state index contributed by atoms with van der Waals surface area (Å²) in [6.45, 7) is 4.26. The monoisotopic (exact) mass is 105 g/mol. The Kier molecular flexibility index (Phi) is 3.98. The van der Waals surface area contributed by atoms with Gasteiger partial charge in [-0.1, -0.05) is 0 Å². The summed E-state index contributed by atoms with van der Waals surface area (Å²) in [5, 5.41) is 0. The first-order valence-electron chi connectivity index (χ1n) is 2.28. The first-order valence-corrected chi connectivity index (χ1v) is 2.28. The highest BCUT2D eigenvalue weighted by molar-refractivity contribution is 4.21. The Morgan fingerprint density at radius 2 is 2.29 bits per heavy atom. The van der Waals surface area contributed by atoms with Crippen LogP contribution >= 0.6 is 0 Å². The summed E-state index contributed by atoms with van der Waals surface area (Å²) >= 11 is 0. The molecule has 0 aliphatic rings. The summed E-state index contributed by atoms with van der Waals surface area (Å²) in [6.07, 6.45) is -0.273. The molecule has 0 amide bonds. The Bertz CT molecular complexity index is 40.7. The van der Waals surface area contributed by atoms with E-state index in [1.807, 2.05) is 6.92 Å².